The summed E-state index contributed by atoms with van der Waals surface area (Å²) in [5, 5.41) is 8.65. The van der Waals surface area contributed by atoms with Crippen LogP contribution in [0.5, 0.6) is 5.75 Å². The van der Waals surface area contributed by atoms with Gasteiger partial charge in [0.05, 0.1) is 10.7 Å². The SMILES string of the molecule is CN(CCCc1cc(-c2ccc(F)cc2)n[nH]1)C(=O)COc1ccc(Cl)c2cccnc12. The van der Waals surface area contributed by atoms with E-state index in [0.29, 0.717) is 22.8 Å². The van der Waals surface area contributed by atoms with E-state index in [9.17, 15) is 9.18 Å². The Balaban J connectivity index is 1.27. The van der Waals surface area contributed by atoms with E-state index in [0.717, 1.165) is 35.2 Å². The van der Waals surface area contributed by atoms with Crippen molar-refractivity contribution in [3.05, 3.63) is 77.3 Å². The van der Waals surface area contributed by atoms with E-state index in [1.165, 1.54) is 12.1 Å². The lowest BCUT2D eigenvalue weighted by Crippen LogP contribution is -2.32. The van der Waals surface area contributed by atoms with Gasteiger partial charge in [-0.25, -0.2) is 4.39 Å². The Morgan fingerprint density at radius 2 is 2.00 bits per heavy atom. The first-order valence-electron chi connectivity index (χ1n) is 10.2. The van der Waals surface area contributed by atoms with Crippen molar-refractivity contribution in [3.8, 4) is 17.0 Å². The Bertz CT molecular complexity index is 1230. The molecule has 164 valence electrons. The van der Waals surface area contributed by atoms with Crippen LogP contribution in [0.3, 0.4) is 0 Å². The number of ether oxygens (including phenoxy) is 1. The predicted molar refractivity (Wildman–Crippen MR) is 122 cm³/mol. The number of aromatic nitrogens is 3. The number of nitrogens with one attached hydrogen (secondary N) is 1. The van der Waals surface area contributed by atoms with Crippen LogP contribution in [0.2, 0.25) is 5.02 Å². The summed E-state index contributed by atoms with van der Waals surface area (Å²) in [7, 11) is 1.75. The third-order valence-electron chi connectivity index (χ3n) is 5.17. The number of hydrogen-bond donors (Lipinski definition) is 1. The van der Waals surface area contributed by atoms with Gasteiger partial charge in [-0.05, 0) is 67.4 Å². The van der Waals surface area contributed by atoms with E-state index in [2.05, 4.69) is 15.2 Å². The van der Waals surface area contributed by atoms with Gasteiger partial charge in [-0.1, -0.05) is 11.6 Å². The summed E-state index contributed by atoms with van der Waals surface area (Å²) in [6.07, 6.45) is 3.16. The lowest BCUT2D eigenvalue weighted by molar-refractivity contribution is -0.132. The average molecular weight is 453 g/mol. The van der Waals surface area contributed by atoms with E-state index < -0.39 is 0 Å². The maximum atomic E-state index is 13.1. The fourth-order valence-electron chi connectivity index (χ4n) is 3.37. The number of aryl methyl sites for hydroxylation is 1. The molecule has 0 aliphatic carbocycles. The van der Waals surface area contributed by atoms with E-state index in [4.69, 9.17) is 16.3 Å². The second-order valence-electron chi connectivity index (χ2n) is 7.44. The summed E-state index contributed by atoms with van der Waals surface area (Å²) in [4.78, 5) is 18.4. The Kier molecular flexibility index (Phi) is 6.66. The van der Waals surface area contributed by atoms with Gasteiger partial charge < -0.3 is 9.64 Å². The molecule has 4 rings (SSSR count). The minimum Gasteiger partial charge on any atom is -0.481 e. The molecule has 0 saturated heterocycles. The zero-order chi connectivity index (χ0) is 22.5. The number of likely N-dealkylation sites (N-methyl/N-ethyl adjacent to an activating group) is 1. The highest BCUT2D eigenvalue weighted by atomic mass is 35.5. The standard InChI is InChI=1S/C24H22ClFN4O2/c1-30(13-3-4-18-14-21(29-28-18)16-6-8-17(26)9-7-16)23(31)15-32-22-11-10-20(25)19-5-2-12-27-24(19)22/h2,5-12,14H,3-4,13,15H2,1H3,(H,28,29). The quantitative estimate of drug-likeness (QED) is 0.413. The molecule has 0 unspecified atom stereocenters. The number of carbonyl (C=O) groups is 1. The number of rotatable bonds is 8. The van der Waals surface area contributed by atoms with Crippen LogP contribution in [-0.2, 0) is 11.2 Å². The normalized spacial score (nSPS) is 11.0. The number of pyridine rings is 1. The van der Waals surface area contributed by atoms with Crippen LogP contribution in [-0.4, -0.2) is 46.2 Å². The van der Waals surface area contributed by atoms with Crippen molar-refractivity contribution in [1.29, 1.82) is 0 Å². The summed E-state index contributed by atoms with van der Waals surface area (Å²) in [5.41, 5.74) is 3.20. The Labute approximate surface area is 190 Å². The topological polar surface area (TPSA) is 71.1 Å². The zero-order valence-corrected chi connectivity index (χ0v) is 18.3. The van der Waals surface area contributed by atoms with Crippen molar-refractivity contribution in [2.75, 3.05) is 20.2 Å². The van der Waals surface area contributed by atoms with Crippen molar-refractivity contribution >= 4 is 28.4 Å². The zero-order valence-electron chi connectivity index (χ0n) is 17.5. The molecule has 2 aromatic carbocycles. The number of aromatic amines is 1. The number of amides is 1. The Morgan fingerprint density at radius 1 is 1.19 bits per heavy atom. The fraction of sp³-hybridized carbons (Fsp3) is 0.208. The maximum absolute atomic E-state index is 13.1. The van der Waals surface area contributed by atoms with Gasteiger partial charge in [0, 0.05) is 36.4 Å². The lowest BCUT2D eigenvalue weighted by atomic mass is 10.1. The third-order valence-corrected chi connectivity index (χ3v) is 5.50. The third kappa shape index (κ3) is 5.06. The number of hydrogen-bond acceptors (Lipinski definition) is 4. The summed E-state index contributed by atoms with van der Waals surface area (Å²) in [6, 6.07) is 15.3. The van der Waals surface area contributed by atoms with Gasteiger partial charge in [0.1, 0.15) is 17.1 Å². The molecule has 0 aliphatic rings. The fourth-order valence-corrected chi connectivity index (χ4v) is 3.58. The summed E-state index contributed by atoms with van der Waals surface area (Å²) < 4.78 is 18.8. The van der Waals surface area contributed by atoms with Crippen molar-refractivity contribution in [2.45, 2.75) is 12.8 Å². The van der Waals surface area contributed by atoms with Gasteiger partial charge in [-0.2, -0.15) is 5.10 Å². The summed E-state index contributed by atoms with van der Waals surface area (Å²) >= 11 is 6.20. The Morgan fingerprint density at radius 3 is 2.81 bits per heavy atom. The number of carbonyl (C=O) groups excluding carboxylic acids is 1. The maximum Gasteiger partial charge on any atom is 0.260 e. The first kappa shape index (κ1) is 21.8. The lowest BCUT2D eigenvalue weighted by Gasteiger charge is -2.17. The smallest absolute Gasteiger partial charge is 0.260 e. The minimum absolute atomic E-state index is 0.0808. The Hall–Kier alpha value is -3.45. The summed E-state index contributed by atoms with van der Waals surface area (Å²) in [5.74, 6) is 0.125. The van der Waals surface area contributed by atoms with Gasteiger partial charge >= 0.3 is 0 Å². The molecule has 0 atom stereocenters. The van der Waals surface area contributed by atoms with E-state index >= 15 is 0 Å². The molecule has 0 fully saturated rings. The number of fused-ring (bicyclic) bond motifs is 1. The van der Waals surface area contributed by atoms with Gasteiger partial charge in [0.15, 0.2) is 6.61 Å². The molecule has 1 N–H and O–H groups in total. The number of halogens is 2. The van der Waals surface area contributed by atoms with Crippen LogP contribution in [0.1, 0.15) is 12.1 Å². The van der Waals surface area contributed by atoms with Crippen LogP contribution in [0.4, 0.5) is 4.39 Å². The van der Waals surface area contributed by atoms with E-state index in [-0.39, 0.29) is 18.3 Å². The molecule has 2 aromatic heterocycles. The summed E-state index contributed by atoms with van der Waals surface area (Å²) in [6.45, 7) is 0.495. The van der Waals surface area contributed by atoms with Crippen molar-refractivity contribution < 1.29 is 13.9 Å². The van der Waals surface area contributed by atoms with Gasteiger partial charge in [0.25, 0.3) is 5.91 Å². The molecule has 0 aliphatic heterocycles. The van der Waals surface area contributed by atoms with Gasteiger partial charge in [-0.15, -0.1) is 0 Å². The molecule has 0 saturated carbocycles. The molecule has 0 spiro atoms. The second-order valence-corrected chi connectivity index (χ2v) is 7.85. The van der Waals surface area contributed by atoms with Gasteiger partial charge in [0.2, 0.25) is 0 Å². The van der Waals surface area contributed by atoms with Crippen LogP contribution < -0.4 is 4.74 Å². The number of nitrogens with zero attached hydrogens (tertiary/aromatic N) is 3. The highest BCUT2D eigenvalue weighted by Gasteiger charge is 2.13. The first-order chi connectivity index (χ1) is 15.5. The average Bonchev–Trinajstić information content (AvgIpc) is 3.28. The molecule has 4 aromatic rings. The van der Waals surface area contributed by atoms with Crippen molar-refractivity contribution in [2.24, 2.45) is 0 Å². The molecular weight excluding hydrogens is 431 g/mol. The van der Waals surface area contributed by atoms with E-state index in [1.807, 2.05) is 12.1 Å². The van der Waals surface area contributed by atoms with Gasteiger partial charge in [-0.3, -0.25) is 14.9 Å². The highest BCUT2D eigenvalue weighted by Crippen LogP contribution is 2.29. The number of benzene rings is 2. The molecule has 6 nitrogen and oxygen atoms in total. The molecule has 0 radical (unpaired) electrons. The second kappa shape index (κ2) is 9.78. The van der Waals surface area contributed by atoms with Crippen molar-refractivity contribution in [3.63, 3.8) is 0 Å². The van der Waals surface area contributed by atoms with Crippen LogP contribution >= 0.6 is 11.6 Å². The van der Waals surface area contributed by atoms with Crippen LogP contribution in [0, 0.1) is 5.82 Å². The molecular formula is C24H22ClFN4O2. The molecule has 1 amide bonds. The molecule has 32 heavy (non-hydrogen) atoms. The monoisotopic (exact) mass is 452 g/mol. The van der Waals surface area contributed by atoms with E-state index in [1.54, 1.807) is 48.5 Å². The molecule has 2 heterocycles. The van der Waals surface area contributed by atoms with Crippen LogP contribution in [0.15, 0.2) is 60.8 Å². The minimum atomic E-state index is -0.276. The van der Waals surface area contributed by atoms with Crippen molar-refractivity contribution in [1.82, 2.24) is 20.1 Å². The first-order valence-corrected chi connectivity index (χ1v) is 10.6. The largest absolute Gasteiger partial charge is 0.481 e. The molecule has 8 heteroatoms. The number of H-pyrrole nitrogens is 1. The highest BCUT2D eigenvalue weighted by molar-refractivity contribution is 6.35. The van der Waals surface area contributed by atoms with Crippen LogP contribution in [0.25, 0.3) is 22.2 Å². The molecule has 0 bridgehead atoms. The predicted octanol–water partition coefficient (Wildman–Crippen LogP) is 4.89.